The molecule has 0 aromatic heterocycles. The van der Waals surface area contributed by atoms with Gasteiger partial charge in [-0.25, -0.2) is 0 Å². The summed E-state index contributed by atoms with van der Waals surface area (Å²) >= 11 is 0. The molecule has 0 aromatic carbocycles. The highest BCUT2D eigenvalue weighted by Crippen LogP contribution is 2.28. The first-order valence-corrected chi connectivity index (χ1v) is 6.76. The van der Waals surface area contributed by atoms with Crippen molar-refractivity contribution in [3.8, 4) is 0 Å². The van der Waals surface area contributed by atoms with Crippen LogP contribution in [0.25, 0.3) is 0 Å². The molecule has 15 heavy (non-hydrogen) atoms. The fraction of sp³-hybridized carbons (Fsp3) is 1.00. The Labute approximate surface area is 94.4 Å². The van der Waals surface area contributed by atoms with Gasteiger partial charge in [-0.3, -0.25) is 4.90 Å². The third kappa shape index (κ3) is 2.54. The van der Waals surface area contributed by atoms with Gasteiger partial charge in [0.15, 0.2) is 0 Å². The van der Waals surface area contributed by atoms with E-state index in [0.717, 1.165) is 18.1 Å². The number of nitrogens with one attached hydrogen (secondary N) is 1. The zero-order valence-corrected chi connectivity index (χ0v) is 10.3. The van der Waals surface area contributed by atoms with Crippen molar-refractivity contribution < 1.29 is 0 Å². The summed E-state index contributed by atoms with van der Waals surface area (Å²) in [6.45, 7) is 3.74. The Kier molecular flexibility index (Phi) is 4.04. The minimum absolute atomic E-state index is 0.744. The molecular weight excluding hydrogens is 184 g/mol. The Morgan fingerprint density at radius 1 is 1.00 bits per heavy atom. The quantitative estimate of drug-likeness (QED) is 0.704. The second kappa shape index (κ2) is 5.31. The van der Waals surface area contributed by atoms with Crippen LogP contribution in [-0.2, 0) is 0 Å². The van der Waals surface area contributed by atoms with E-state index >= 15 is 0 Å². The maximum Gasteiger partial charge on any atom is 0.0252 e. The molecule has 3 unspecified atom stereocenters. The molecule has 0 aromatic rings. The van der Waals surface area contributed by atoms with E-state index in [4.69, 9.17) is 0 Å². The van der Waals surface area contributed by atoms with Crippen molar-refractivity contribution in [1.29, 1.82) is 0 Å². The second-order valence-corrected chi connectivity index (χ2v) is 5.33. The molecule has 3 atom stereocenters. The van der Waals surface area contributed by atoms with Crippen LogP contribution in [0.15, 0.2) is 0 Å². The summed E-state index contributed by atoms with van der Waals surface area (Å²) in [5, 5.41) is 3.55. The van der Waals surface area contributed by atoms with Crippen LogP contribution < -0.4 is 5.32 Å². The third-order valence-corrected chi connectivity index (χ3v) is 4.38. The Bertz CT molecular complexity index is 193. The van der Waals surface area contributed by atoms with Gasteiger partial charge in [-0.2, -0.15) is 0 Å². The van der Waals surface area contributed by atoms with E-state index in [-0.39, 0.29) is 0 Å². The molecule has 1 aliphatic heterocycles. The Balaban J connectivity index is 2.02. The van der Waals surface area contributed by atoms with E-state index in [0.29, 0.717) is 0 Å². The van der Waals surface area contributed by atoms with Crippen LogP contribution in [0.2, 0.25) is 0 Å². The van der Waals surface area contributed by atoms with Gasteiger partial charge in [-0.05, 0) is 46.2 Å². The van der Waals surface area contributed by atoms with E-state index in [1.807, 2.05) is 0 Å². The third-order valence-electron chi connectivity index (χ3n) is 4.38. The molecular formula is C13H26N2. The molecule has 2 heteroatoms. The van der Waals surface area contributed by atoms with Gasteiger partial charge >= 0.3 is 0 Å². The molecule has 0 spiro atoms. The summed E-state index contributed by atoms with van der Waals surface area (Å²) < 4.78 is 0. The average Bonchev–Trinajstić information content (AvgIpc) is 2.54. The van der Waals surface area contributed by atoms with Gasteiger partial charge in [0.2, 0.25) is 0 Å². The summed E-state index contributed by atoms with van der Waals surface area (Å²) in [5.41, 5.74) is 0. The first-order chi connectivity index (χ1) is 7.33. The molecule has 2 aliphatic rings. The lowest BCUT2D eigenvalue weighted by molar-refractivity contribution is 0.145. The van der Waals surface area contributed by atoms with Gasteiger partial charge in [-0.15, -0.1) is 0 Å². The van der Waals surface area contributed by atoms with Crippen molar-refractivity contribution in [3.05, 3.63) is 0 Å². The molecule has 1 N–H and O–H groups in total. The van der Waals surface area contributed by atoms with E-state index in [2.05, 4.69) is 24.2 Å². The predicted molar refractivity (Wildman–Crippen MR) is 65.1 cm³/mol. The molecule has 0 bridgehead atoms. The lowest BCUT2D eigenvalue weighted by Gasteiger charge is -2.36. The minimum Gasteiger partial charge on any atom is -0.315 e. The Morgan fingerprint density at radius 2 is 1.80 bits per heavy atom. The standard InChI is InChI=1S/C13H26N2/c1-11-7-6-10-15(11)13-9-5-3-4-8-12(13)14-2/h11-14H,3-10H2,1-2H3. The van der Waals surface area contributed by atoms with Gasteiger partial charge in [0.25, 0.3) is 0 Å². The highest BCUT2D eigenvalue weighted by molar-refractivity contribution is 4.90. The monoisotopic (exact) mass is 210 g/mol. The lowest BCUT2D eigenvalue weighted by Crippen LogP contribution is -2.49. The number of likely N-dealkylation sites (N-methyl/N-ethyl adjacent to an activating group) is 1. The predicted octanol–water partition coefficient (Wildman–Crippen LogP) is 2.39. The van der Waals surface area contributed by atoms with Crippen LogP contribution in [0.5, 0.6) is 0 Å². The zero-order valence-electron chi connectivity index (χ0n) is 10.3. The average molecular weight is 210 g/mol. The van der Waals surface area contributed by atoms with Gasteiger partial charge in [0.1, 0.15) is 0 Å². The van der Waals surface area contributed by atoms with E-state index < -0.39 is 0 Å². The van der Waals surface area contributed by atoms with Crippen LogP contribution >= 0.6 is 0 Å². The molecule has 88 valence electrons. The molecule has 2 nitrogen and oxygen atoms in total. The molecule has 2 rings (SSSR count). The van der Waals surface area contributed by atoms with Crippen LogP contribution in [-0.4, -0.2) is 36.6 Å². The number of likely N-dealkylation sites (tertiary alicyclic amines) is 1. The van der Waals surface area contributed by atoms with Crippen molar-refractivity contribution >= 4 is 0 Å². The van der Waals surface area contributed by atoms with E-state index in [1.54, 1.807) is 0 Å². The molecule has 1 saturated heterocycles. The van der Waals surface area contributed by atoms with Crippen molar-refractivity contribution in [2.75, 3.05) is 13.6 Å². The van der Waals surface area contributed by atoms with Crippen LogP contribution in [0.3, 0.4) is 0 Å². The summed E-state index contributed by atoms with van der Waals surface area (Å²) in [6, 6.07) is 2.38. The number of rotatable bonds is 2. The summed E-state index contributed by atoms with van der Waals surface area (Å²) in [7, 11) is 2.14. The Morgan fingerprint density at radius 3 is 2.47 bits per heavy atom. The zero-order chi connectivity index (χ0) is 10.7. The highest BCUT2D eigenvalue weighted by Gasteiger charge is 2.32. The summed E-state index contributed by atoms with van der Waals surface area (Å²) in [5.74, 6) is 0. The first kappa shape index (κ1) is 11.4. The summed E-state index contributed by atoms with van der Waals surface area (Å²) in [4.78, 5) is 2.77. The second-order valence-electron chi connectivity index (χ2n) is 5.33. The molecule has 1 heterocycles. The van der Waals surface area contributed by atoms with Crippen LogP contribution in [0, 0.1) is 0 Å². The van der Waals surface area contributed by atoms with Crippen molar-refractivity contribution in [2.45, 2.75) is 70.0 Å². The van der Waals surface area contributed by atoms with E-state index in [1.165, 1.54) is 51.5 Å². The smallest absolute Gasteiger partial charge is 0.0252 e. The molecule has 2 fully saturated rings. The largest absolute Gasteiger partial charge is 0.315 e. The fourth-order valence-electron chi connectivity index (χ4n) is 3.47. The topological polar surface area (TPSA) is 15.3 Å². The SMILES string of the molecule is CNC1CCCCCC1N1CCCC1C. The molecule has 1 aliphatic carbocycles. The normalized spacial score (nSPS) is 39.2. The lowest BCUT2D eigenvalue weighted by atomic mass is 10.0. The van der Waals surface area contributed by atoms with Gasteiger partial charge < -0.3 is 5.32 Å². The number of hydrogen-bond acceptors (Lipinski definition) is 2. The van der Waals surface area contributed by atoms with E-state index in [9.17, 15) is 0 Å². The molecule has 0 amide bonds. The summed E-state index contributed by atoms with van der Waals surface area (Å²) in [6.07, 6.45) is 9.91. The van der Waals surface area contributed by atoms with Crippen molar-refractivity contribution in [1.82, 2.24) is 10.2 Å². The number of hydrogen-bond donors (Lipinski definition) is 1. The van der Waals surface area contributed by atoms with Crippen molar-refractivity contribution in [2.24, 2.45) is 0 Å². The minimum atomic E-state index is 0.744. The van der Waals surface area contributed by atoms with Gasteiger partial charge in [0, 0.05) is 18.1 Å². The van der Waals surface area contributed by atoms with Crippen molar-refractivity contribution in [3.63, 3.8) is 0 Å². The fourth-order valence-corrected chi connectivity index (χ4v) is 3.47. The van der Waals surface area contributed by atoms with Crippen LogP contribution in [0.1, 0.15) is 51.9 Å². The molecule has 0 radical (unpaired) electrons. The highest BCUT2D eigenvalue weighted by atomic mass is 15.2. The number of nitrogens with zero attached hydrogens (tertiary/aromatic N) is 1. The van der Waals surface area contributed by atoms with Gasteiger partial charge in [0.05, 0.1) is 0 Å². The van der Waals surface area contributed by atoms with Crippen LogP contribution in [0.4, 0.5) is 0 Å². The van der Waals surface area contributed by atoms with Gasteiger partial charge in [-0.1, -0.05) is 19.3 Å². The first-order valence-electron chi connectivity index (χ1n) is 6.76. The maximum absolute atomic E-state index is 3.55. The maximum atomic E-state index is 3.55. The molecule has 1 saturated carbocycles. The Hall–Kier alpha value is -0.0800.